The molecular weight excluding hydrogens is 304 g/mol. The standard InChI is InChI=1S/C17H18N6O/c1-23-16(4-7-22-23)15-8-14(9-19-12-15)11-21-17(24)20-10-13-2-5-18-6-3-13/h2-9,12H,10-11H2,1H3,(H2,20,21,24). The summed E-state index contributed by atoms with van der Waals surface area (Å²) in [6, 6.07) is 7.42. The highest BCUT2D eigenvalue weighted by molar-refractivity contribution is 5.73. The van der Waals surface area contributed by atoms with Crippen LogP contribution in [0.4, 0.5) is 4.79 Å². The molecule has 7 heteroatoms. The highest BCUT2D eigenvalue weighted by Crippen LogP contribution is 2.17. The zero-order valence-electron chi connectivity index (χ0n) is 13.3. The van der Waals surface area contributed by atoms with Crippen molar-refractivity contribution in [2.45, 2.75) is 13.1 Å². The molecule has 2 N–H and O–H groups in total. The van der Waals surface area contributed by atoms with Crippen LogP contribution in [0.3, 0.4) is 0 Å². The molecule has 3 rings (SSSR count). The third-order valence-electron chi connectivity index (χ3n) is 3.57. The number of nitrogens with zero attached hydrogens (tertiary/aromatic N) is 4. The van der Waals surface area contributed by atoms with E-state index in [-0.39, 0.29) is 6.03 Å². The molecule has 3 heterocycles. The van der Waals surface area contributed by atoms with Crippen molar-refractivity contribution in [2.24, 2.45) is 7.05 Å². The molecule has 0 aliphatic rings. The summed E-state index contributed by atoms with van der Waals surface area (Å²) in [7, 11) is 1.88. The zero-order chi connectivity index (χ0) is 16.8. The molecule has 7 nitrogen and oxygen atoms in total. The summed E-state index contributed by atoms with van der Waals surface area (Å²) >= 11 is 0. The Morgan fingerprint density at radius 1 is 1.00 bits per heavy atom. The molecule has 3 aromatic rings. The van der Waals surface area contributed by atoms with Gasteiger partial charge in [0.15, 0.2) is 0 Å². The Morgan fingerprint density at radius 3 is 2.46 bits per heavy atom. The van der Waals surface area contributed by atoms with Crippen LogP contribution >= 0.6 is 0 Å². The number of rotatable bonds is 5. The number of urea groups is 1. The van der Waals surface area contributed by atoms with Gasteiger partial charge in [0.25, 0.3) is 0 Å². The molecule has 3 aromatic heterocycles. The van der Waals surface area contributed by atoms with Gasteiger partial charge >= 0.3 is 6.03 Å². The van der Waals surface area contributed by atoms with Crippen molar-refractivity contribution in [1.29, 1.82) is 0 Å². The van der Waals surface area contributed by atoms with Crippen LogP contribution in [0.1, 0.15) is 11.1 Å². The van der Waals surface area contributed by atoms with E-state index in [1.807, 2.05) is 31.3 Å². The molecule has 0 saturated carbocycles. The number of hydrogen-bond acceptors (Lipinski definition) is 4. The maximum absolute atomic E-state index is 11.9. The minimum atomic E-state index is -0.224. The van der Waals surface area contributed by atoms with Crippen molar-refractivity contribution >= 4 is 6.03 Å². The number of carbonyl (C=O) groups excluding carboxylic acids is 1. The molecular formula is C17H18N6O. The lowest BCUT2D eigenvalue weighted by molar-refractivity contribution is 0.240. The molecule has 24 heavy (non-hydrogen) atoms. The van der Waals surface area contributed by atoms with Crippen molar-refractivity contribution in [3.8, 4) is 11.3 Å². The van der Waals surface area contributed by atoms with E-state index in [0.717, 1.165) is 22.4 Å². The number of hydrogen-bond donors (Lipinski definition) is 2. The predicted octanol–water partition coefficient (Wildman–Crippen LogP) is 1.88. The summed E-state index contributed by atoms with van der Waals surface area (Å²) in [4.78, 5) is 20.1. The first-order valence-corrected chi connectivity index (χ1v) is 7.55. The number of nitrogens with one attached hydrogen (secondary N) is 2. The Kier molecular flexibility index (Phi) is 4.81. The van der Waals surface area contributed by atoms with Crippen molar-refractivity contribution < 1.29 is 4.79 Å². The fourth-order valence-corrected chi connectivity index (χ4v) is 2.31. The van der Waals surface area contributed by atoms with E-state index in [1.165, 1.54) is 0 Å². The summed E-state index contributed by atoms with van der Waals surface area (Å²) in [5, 5.41) is 9.79. The van der Waals surface area contributed by atoms with Gasteiger partial charge in [0, 0.05) is 56.7 Å². The number of carbonyl (C=O) groups is 1. The normalized spacial score (nSPS) is 10.4. The van der Waals surface area contributed by atoms with E-state index in [4.69, 9.17) is 0 Å². The quantitative estimate of drug-likeness (QED) is 0.751. The molecule has 0 aromatic carbocycles. The highest BCUT2D eigenvalue weighted by Gasteiger charge is 2.05. The Labute approximate surface area is 139 Å². The Hall–Kier alpha value is -3.22. The number of amides is 2. The number of aryl methyl sites for hydroxylation is 1. The average molecular weight is 322 g/mol. The van der Waals surface area contributed by atoms with Gasteiger partial charge in [-0.25, -0.2) is 4.79 Å². The van der Waals surface area contributed by atoms with Crippen LogP contribution < -0.4 is 10.6 Å². The zero-order valence-corrected chi connectivity index (χ0v) is 13.3. The van der Waals surface area contributed by atoms with Gasteiger partial charge in [0.1, 0.15) is 0 Å². The second kappa shape index (κ2) is 7.36. The predicted molar refractivity (Wildman–Crippen MR) is 89.8 cm³/mol. The van der Waals surface area contributed by atoms with Gasteiger partial charge in [0.2, 0.25) is 0 Å². The van der Waals surface area contributed by atoms with E-state index in [1.54, 1.807) is 35.7 Å². The molecule has 0 fully saturated rings. The second-order valence-electron chi connectivity index (χ2n) is 5.31. The fraction of sp³-hybridized carbons (Fsp3) is 0.176. The van der Waals surface area contributed by atoms with E-state index in [2.05, 4.69) is 25.7 Å². The molecule has 0 unspecified atom stereocenters. The SMILES string of the molecule is Cn1nccc1-c1cncc(CNC(=O)NCc2ccncc2)c1. The third kappa shape index (κ3) is 3.95. The van der Waals surface area contributed by atoms with E-state index >= 15 is 0 Å². The molecule has 122 valence electrons. The third-order valence-corrected chi connectivity index (χ3v) is 3.57. The van der Waals surface area contributed by atoms with Gasteiger partial charge < -0.3 is 10.6 Å². The van der Waals surface area contributed by atoms with Crippen molar-refractivity contribution in [3.05, 3.63) is 66.4 Å². The molecule has 0 atom stereocenters. The van der Waals surface area contributed by atoms with Gasteiger partial charge in [-0.3, -0.25) is 14.6 Å². The number of aromatic nitrogens is 4. The van der Waals surface area contributed by atoms with E-state index in [0.29, 0.717) is 13.1 Å². The van der Waals surface area contributed by atoms with Crippen molar-refractivity contribution in [2.75, 3.05) is 0 Å². The Morgan fingerprint density at radius 2 is 1.75 bits per heavy atom. The first-order valence-electron chi connectivity index (χ1n) is 7.55. The molecule has 0 aliphatic carbocycles. The van der Waals surface area contributed by atoms with Gasteiger partial charge in [-0.1, -0.05) is 0 Å². The fourth-order valence-electron chi connectivity index (χ4n) is 2.31. The smallest absolute Gasteiger partial charge is 0.315 e. The Balaban J connectivity index is 1.55. The monoisotopic (exact) mass is 322 g/mol. The van der Waals surface area contributed by atoms with Gasteiger partial charge in [-0.2, -0.15) is 5.10 Å². The highest BCUT2D eigenvalue weighted by atomic mass is 16.2. The molecule has 0 bridgehead atoms. The summed E-state index contributed by atoms with van der Waals surface area (Å²) in [5.41, 5.74) is 3.87. The average Bonchev–Trinajstić information content (AvgIpc) is 3.05. The van der Waals surface area contributed by atoms with Gasteiger partial charge in [-0.15, -0.1) is 0 Å². The summed E-state index contributed by atoms with van der Waals surface area (Å²) in [6.45, 7) is 0.864. The Bertz CT molecular complexity index is 815. The first kappa shape index (κ1) is 15.7. The van der Waals surface area contributed by atoms with Crippen LogP contribution in [0.15, 0.2) is 55.2 Å². The van der Waals surface area contributed by atoms with Crippen molar-refractivity contribution in [1.82, 2.24) is 30.4 Å². The topological polar surface area (TPSA) is 84.7 Å². The molecule has 0 aliphatic heterocycles. The van der Waals surface area contributed by atoms with Crippen molar-refractivity contribution in [3.63, 3.8) is 0 Å². The second-order valence-corrected chi connectivity index (χ2v) is 5.31. The van der Waals surface area contributed by atoms with Crippen LogP contribution in [-0.4, -0.2) is 25.8 Å². The minimum Gasteiger partial charge on any atom is -0.334 e. The van der Waals surface area contributed by atoms with Gasteiger partial charge in [0.05, 0.1) is 5.69 Å². The number of pyridine rings is 2. The summed E-state index contributed by atoms with van der Waals surface area (Å²) in [6.07, 6.45) is 8.66. The summed E-state index contributed by atoms with van der Waals surface area (Å²) < 4.78 is 1.79. The van der Waals surface area contributed by atoms with E-state index < -0.39 is 0 Å². The van der Waals surface area contributed by atoms with Crippen LogP contribution in [0.5, 0.6) is 0 Å². The lowest BCUT2D eigenvalue weighted by Gasteiger charge is -2.09. The van der Waals surface area contributed by atoms with Gasteiger partial charge in [-0.05, 0) is 35.4 Å². The molecule has 0 radical (unpaired) electrons. The van der Waals surface area contributed by atoms with Crippen LogP contribution in [0.2, 0.25) is 0 Å². The van der Waals surface area contributed by atoms with Crippen LogP contribution in [0.25, 0.3) is 11.3 Å². The molecule has 2 amide bonds. The largest absolute Gasteiger partial charge is 0.334 e. The molecule has 0 spiro atoms. The van der Waals surface area contributed by atoms with Crippen LogP contribution in [-0.2, 0) is 20.1 Å². The first-order chi connectivity index (χ1) is 11.7. The lowest BCUT2D eigenvalue weighted by atomic mass is 10.1. The molecule has 0 saturated heterocycles. The van der Waals surface area contributed by atoms with E-state index in [9.17, 15) is 4.79 Å². The maximum atomic E-state index is 11.9. The maximum Gasteiger partial charge on any atom is 0.315 e. The summed E-state index contributed by atoms with van der Waals surface area (Å²) in [5.74, 6) is 0. The lowest BCUT2D eigenvalue weighted by Crippen LogP contribution is -2.34. The minimum absolute atomic E-state index is 0.224. The van der Waals surface area contributed by atoms with Crippen LogP contribution in [0, 0.1) is 0 Å².